The summed E-state index contributed by atoms with van der Waals surface area (Å²) in [7, 11) is 0. The van der Waals surface area contributed by atoms with Crippen LogP contribution in [0.5, 0.6) is 0 Å². The molecule has 2 bridgehead atoms. The minimum Gasteiger partial charge on any atom is -0.396 e. The predicted octanol–water partition coefficient (Wildman–Crippen LogP) is 1.90. The van der Waals surface area contributed by atoms with Crippen LogP contribution in [0.2, 0.25) is 0 Å². The van der Waals surface area contributed by atoms with Crippen LogP contribution in [-0.2, 0) is 19.1 Å². The van der Waals surface area contributed by atoms with E-state index in [0.29, 0.717) is 25.1 Å². The summed E-state index contributed by atoms with van der Waals surface area (Å²) in [6.45, 7) is 6.48. The lowest BCUT2D eigenvalue weighted by Crippen LogP contribution is -2.54. The molecule has 180 valence electrons. The van der Waals surface area contributed by atoms with Gasteiger partial charge in [-0.05, 0) is 50.3 Å². The molecule has 3 saturated heterocycles. The number of ether oxygens (including phenoxy) is 1. The molecule has 8 nitrogen and oxygen atoms in total. The van der Waals surface area contributed by atoms with Crippen molar-refractivity contribution in [2.75, 3.05) is 25.0 Å². The van der Waals surface area contributed by atoms with E-state index in [2.05, 4.69) is 26.6 Å². The van der Waals surface area contributed by atoms with Crippen molar-refractivity contribution in [3.05, 3.63) is 29.3 Å². The number of carbonyl (C=O) groups excluding carboxylic acids is 3. The minimum absolute atomic E-state index is 0.0995. The van der Waals surface area contributed by atoms with E-state index in [1.807, 2.05) is 39.0 Å². The van der Waals surface area contributed by atoms with Gasteiger partial charge in [0.2, 0.25) is 17.7 Å². The van der Waals surface area contributed by atoms with Gasteiger partial charge in [0, 0.05) is 30.2 Å². The molecule has 1 aromatic carbocycles. The fourth-order valence-electron chi connectivity index (χ4n) is 5.65. The highest BCUT2D eigenvalue weighted by atomic mass is 79.9. The van der Waals surface area contributed by atoms with E-state index in [9.17, 15) is 19.5 Å². The van der Waals surface area contributed by atoms with Gasteiger partial charge >= 0.3 is 0 Å². The maximum atomic E-state index is 13.7. The number of halogens is 1. The number of likely N-dealkylation sites (tertiary alicyclic amines) is 1. The molecule has 0 saturated carbocycles. The molecular weight excluding hydrogens is 490 g/mol. The number of aryl methyl sites for hydroxylation is 2. The van der Waals surface area contributed by atoms with E-state index in [1.54, 1.807) is 0 Å². The molecule has 4 rings (SSSR count). The SMILES string of the molecule is CCCNC(=O)[C@H]1[C@@H]2OC3(CC2Br)C(C(=O)Nc2cc(C)ccc2C)N(CCCO)C(=O)[C@H]13. The number of anilines is 1. The molecule has 3 heterocycles. The average molecular weight is 522 g/mol. The largest absolute Gasteiger partial charge is 0.396 e. The molecule has 1 aromatic rings. The van der Waals surface area contributed by atoms with Crippen LogP contribution in [0.4, 0.5) is 5.69 Å². The highest BCUT2D eigenvalue weighted by Gasteiger charge is 2.76. The van der Waals surface area contributed by atoms with Crippen LogP contribution in [-0.4, -0.2) is 70.0 Å². The van der Waals surface area contributed by atoms with E-state index in [1.165, 1.54) is 4.90 Å². The van der Waals surface area contributed by atoms with E-state index in [4.69, 9.17) is 4.74 Å². The van der Waals surface area contributed by atoms with Gasteiger partial charge in [0.1, 0.15) is 11.6 Å². The molecule has 0 aromatic heterocycles. The minimum atomic E-state index is -1.08. The molecule has 3 aliphatic rings. The molecule has 33 heavy (non-hydrogen) atoms. The summed E-state index contributed by atoms with van der Waals surface area (Å²) in [6, 6.07) is 4.94. The Labute approximate surface area is 202 Å². The summed E-state index contributed by atoms with van der Waals surface area (Å²) in [5.41, 5.74) is 1.54. The Kier molecular flexibility index (Phi) is 6.85. The fraction of sp³-hybridized carbons (Fsp3) is 0.625. The highest BCUT2D eigenvalue weighted by molar-refractivity contribution is 9.09. The molecule has 0 aliphatic carbocycles. The van der Waals surface area contributed by atoms with Crippen LogP contribution in [0.15, 0.2) is 18.2 Å². The average Bonchev–Trinajstić information content (AvgIpc) is 3.36. The predicted molar refractivity (Wildman–Crippen MR) is 127 cm³/mol. The number of nitrogens with zero attached hydrogens (tertiary/aromatic N) is 1. The lowest BCUT2D eigenvalue weighted by molar-refractivity contribution is -0.140. The van der Waals surface area contributed by atoms with Gasteiger partial charge in [0.05, 0.1) is 17.9 Å². The van der Waals surface area contributed by atoms with Crippen molar-refractivity contribution < 1.29 is 24.2 Å². The second-order valence-electron chi connectivity index (χ2n) is 9.37. The first-order valence-electron chi connectivity index (χ1n) is 11.6. The first-order valence-corrected chi connectivity index (χ1v) is 12.6. The summed E-state index contributed by atoms with van der Waals surface area (Å²) in [5.74, 6) is -2.15. The van der Waals surface area contributed by atoms with Crippen LogP contribution in [0.1, 0.15) is 37.3 Å². The fourth-order valence-corrected chi connectivity index (χ4v) is 6.59. The van der Waals surface area contributed by atoms with E-state index < -0.39 is 29.6 Å². The lowest BCUT2D eigenvalue weighted by atomic mass is 9.70. The third-order valence-corrected chi connectivity index (χ3v) is 7.94. The molecule has 9 heteroatoms. The van der Waals surface area contributed by atoms with Gasteiger partial charge in [-0.3, -0.25) is 14.4 Å². The van der Waals surface area contributed by atoms with Crippen molar-refractivity contribution in [3.8, 4) is 0 Å². The van der Waals surface area contributed by atoms with Gasteiger partial charge in [-0.25, -0.2) is 0 Å². The number of amides is 3. The number of hydrogen-bond donors (Lipinski definition) is 3. The molecule has 3 fully saturated rings. The van der Waals surface area contributed by atoms with Crippen LogP contribution in [0, 0.1) is 25.7 Å². The summed E-state index contributed by atoms with van der Waals surface area (Å²) >= 11 is 3.65. The number of carbonyl (C=O) groups is 3. The summed E-state index contributed by atoms with van der Waals surface area (Å²) < 4.78 is 6.42. The summed E-state index contributed by atoms with van der Waals surface area (Å²) in [5, 5.41) is 15.3. The number of benzene rings is 1. The third-order valence-electron chi connectivity index (χ3n) is 7.10. The number of nitrogens with one attached hydrogen (secondary N) is 2. The first-order chi connectivity index (χ1) is 15.7. The van der Waals surface area contributed by atoms with E-state index >= 15 is 0 Å². The van der Waals surface area contributed by atoms with Crippen molar-refractivity contribution in [1.82, 2.24) is 10.2 Å². The van der Waals surface area contributed by atoms with Crippen LogP contribution in [0.3, 0.4) is 0 Å². The smallest absolute Gasteiger partial charge is 0.250 e. The molecular formula is C24H32BrN3O5. The lowest BCUT2D eigenvalue weighted by Gasteiger charge is -2.34. The highest BCUT2D eigenvalue weighted by Crippen LogP contribution is 2.60. The van der Waals surface area contributed by atoms with E-state index in [0.717, 1.165) is 17.5 Å². The Morgan fingerprint density at radius 2 is 2.06 bits per heavy atom. The quantitative estimate of drug-likeness (QED) is 0.452. The summed E-state index contributed by atoms with van der Waals surface area (Å²) in [4.78, 5) is 41.8. The Balaban J connectivity index is 1.70. The Morgan fingerprint density at radius 1 is 1.30 bits per heavy atom. The standard InChI is InChI=1S/C24H32BrN3O5/c1-4-8-26-21(30)17-18-23(32)28(9-5-10-29)20(24(18)12-15(25)19(17)33-24)22(31)27-16-11-13(2)6-7-14(16)3/h6-7,11,15,17-20,29H,4-5,8-10,12H2,1-3H3,(H,26,30)(H,27,31)/t15?,17-,18+,19-,20?,24?/m1/s1. The Morgan fingerprint density at radius 3 is 2.76 bits per heavy atom. The van der Waals surface area contributed by atoms with Crippen LogP contribution in [0.25, 0.3) is 0 Å². The third kappa shape index (κ3) is 3.98. The number of rotatable bonds is 8. The molecule has 6 atom stereocenters. The maximum absolute atomic E-state index is 13.7. The van der Waals surface area contributed by atoms with Gasteiger partial charge < -0.3 is 25.4 Å². The molecule has 1 spiro atoms. The zero-order valence-corrected chi connectivity index (χ0v) is 20.9. The van der Waals surface area contributed by atoms with Gasteiger partial charge in [0.25, 0.3) is 0 Å². The van der Waals surface area contributed by atoms with Gasteiger partial charge in [-0.15, -0.1) is 0 Å². The van der Waals surface area contributed by atoms with E-state index in [-0.39, 0.29) is 35.7 Å². The van der Waals surface area contributed by atoms with Crippen LogP contribution >= 0.6 is 15.9 Å². The second-order valence-corrected chi connectivity index (χ2v) is 10.5. The first kappa shape index (κ1) is 24.2. The van der Waals surface area contributed by atoms with Crippen molar-refractivity contribution >= 4 is 39.3 Å². The Hall–Kier alpha value is -1.97. The maximum Gasteiger partial charge on any atom is 0.250 e. The summed E-state index contributed by atoms with van der Waals surface area (Å²) in [6.07, 6.45) is 1.13. The van der Waals surface area contributed by atoms with Gasteiger partial charge in [-0.2, -0.15) is 0 Å². The zero-order chi connectivity index (χ0) is 23.9. The Bertz CT molecular complexity index is 956. The van der Waals surface area contributed by atoms with Crippen LogP contribution < -0.4 is 10.6 Å². The molecule has 0 radical (unpaired) electrons. The molecule has 3 amide bonds. The number of aliphatic hydroxyl groups is 1. The van der Waals surface area contributed by atoms with Crippen molar-refractivity contribution in [1.29, 1.82) is 0 Å². The van der Waals surface area contributed by atoms with Crippen molar-refractivity contribution in [2.45, 2.75) is 62.6 Å². The second kappa shape index (κ2) is 9.35. The molecule has 3 N–H and O–H groups in total. The van der Waals surface area contributed by atoms with Crippen molar-refractivity contribution in [3.63, 3.8) is 0 Å². The monoisotopic (exact) mass is 521 g/mol. The van der Waals surface area contributed by atoms with Gasteiger partial charge in [0.15, 0.2) is 0 Å². The number of fused-ring (bicyclic) bond motifs is 1. The van der Waals surface area contributed by atoms with Gasteiger partial charge in [-0.1, -0.05) is 35.0 Å². The normalized spacial score (nSPS) is 32.2. The molecule has 3 unspecified atom stereocenters. The topological polar surface area (TPSA) is 108 Å². The number of aliphatic hydroxyl groups excluding tert-OH is 1. The number of alkyl halides is 1. The molecule has 3 aliphatic heterocycles. The van der Waals surface area contributed by atoms with Crippen molar-refractivity contribution in [2.24, 2.45) is 11.8 Å². The zero-order valence-electron chi connectivity index (χ0n) is 19.3. The number of hydrogen-bond acceptors (Lipinski definition) is 5.